The molecule has 27 heavy (non-hydrogen) atoms. The van der Waals surface area contributed by atoms with E-state index in [-0.39, 0.29) is 24.1 Å². The second-order valence-corrected chi connectivity index (χ2v) is 6.08. The van der Waals surface area contributed by atoms with Crippen molar-refractivity contribution >= 4 is 23.4 Å². The molecule has 0 fully saturated rings. The molecule has 0 aliphatic heterocycles. The lowest BCUT2D eigenvalue weighted by Gasteiger charge is -2.11. The van der Waals surface area contributed by atoms with Gasteiger partial charge in [-0.1, -0.05) is 37.3 Å². The molecule has 142 valence electrons. The summed E-state index contributed by atoms with van der Waals surface area (Å²) in [5, 5.41) is 8.37. The highest BCUT2D eigenvalue weighted by Crippen LogP contribution is 2.15. The second kappa shape index (κ2) is 10.8. The molecule has 0 atom stereocenters. The average molecular weight is 367 g/mol. The van der Waals surface area contributed by atoms with E-state index in [1.807, 2.05) is 13.0 Å². The Kier molecular flexibility index (Phi) is 8.03. The summed E-state index contributed by atoms with van der Waals surface area (Å²) in [6, 6.07) is 15.8. The zero-order chi connectivity index (χ0) is 19.5. The number of nitrogens with one attached hydrogen (secondary N) is 3. The van der Waals surface area contributed by atoms with E-state index >= 15 is 0 Å². The Hall–Kier alpha value is -3.15. The summed E-state index contributed by atoms with van der Waals surface area (Å²) in [6.45, 7) is 2.96. The highest BCUT2D eigenvalue weighted by molar-refractivity contribution is 6.03. The third-order valence-corrected chi connectivity index (χ3v) is 3.88. The number of hydrogen-bond donors (Lipinski definition) is 3. The number of anilines is 1. The van der Waals surface area contributed by atoms with E-state index in [0.717, 1.165) is 6.42 Å². The number of rotatable bonds is 9. The summed E-state index contributed by atoms with van der Waals surface area (Å²) in [5.74, 6) is -0.559. The van der Waals surface area contributed by atoms with E-state index in [9.17, 15) is 14.4 Å². The Morgan fingerprint density at radius 3 is 2.22 bits per heavy atom. The van der Waals surface area contributed by atoms with Crippen molar-refractivity contribution in [3.05, 3.63) is 65.7 Å². The van der Waals surface area contributed by atoms with Gasteiger partial charge in [-0.2, -0.15) is 0 Å². The lowest BCUT2D eigenvalue weighted by atomic mass is 10.1. The average Bonchev–Trinajstić information content (AvgIpc) is 2.70. The molecule has 0 spiro atoms. The molecule has 2 aromatic rings. The first-order valence-electron chi connectivity index (χ1n) is 9.12. The molecule has 2 aromatic carbocycles. The summed E-state index contributed by atoms with van der Waals surface area (Å²) in [6.07, 6.45) is 1.60. The van der Waals surface area contributed by atoms with Crippen LogP contribution in [-0.4, -0.2) is 30.8 Å². The maximum atomic E-state index is 12.2. The van der Waals surface area contributed by atoms with Gasteiger partial charge in [-0.05, 0) is 37.1 Å². The van der Waals surface area contributed by atoms with E-state index in [1.54, 1.807) is 48.5 Å². The SMILES string of the molecule is CCCNC(=O)c1ccccc1NC(=O)CCCNC(=O)c1ccccc1. The molecule has 3 amide bonds. The van der Waals surface area contributed by atoms with E-state index in [2.05, 4.69) is 16.0 Å². The quantitative estimate of drug-likeness (QED) is 0.596. The van der Waals surface area contributed by atoms with Gasteiger partial charge in [0.1, 0.15) is 0 Å². The van der Waals surface area contributed by atoms with Gasteiger partial charge in [0.2, 0.25) is 5.91 Å². The summed E-state index contributed by atoms with van der Waals surface area (Å²) < 4.78 is 0. The van der Waals surface area contributed by atoms with E-state index < -0.39 is 0 Å². The molecule has 0 saturated carbocycles. The molecule has 0 aromatic heterocycles. The van der Waals surface area contributed by atoms with Crippen LogP contribution in [0.25, 0.3) is 0 Å². The number of benzene rings is 2. The van der Waals surface area contributed by atoms with Gasteiger partial charge in [-0.15, -0.1) is 0 Å². The molecule has 0 aliphatic rings. The minimum atomic E-state index is -0.206. The van der Waals surface area contributed by atoms with Crippen LogP contribution in [0.1, 0.15) is 46.9 Å². The number of hydrogen-bond acceptors (Lipinski definition) is 3. The number of carbonyl (C=O) groups excluding carboxylic acids is 3. The van der Waals surface area contributed by atoms with Gasteiger partial charge in [0.25, 0.3) is 11.8 Å². The first-order valence-corrected chi connectivity index (χ1v) is 9.12. The predicted octanol–water partition coefficient (Wildman–Crippen LogP) is 2.98. The molecule has 0 aliphatic carbocycles. The van der Waals surface area contributed by atoms with Gasteiger partial charge in [0.15, 0.2) is 0 Å². The van der Waals surface area contributed by atoms with Crippen molar-refractivity contribution in [3.8, 4) is 0 Å². The van der Waals surface area contributed by atoms with E-state index in [0.29, 0.717) is 36.3 Å². The van der Waals surface area contributed by atoms with Gasteiger partial charge in [-0.25, -0.2) is 0 Å². The van der Waals surface area contributed by atoms with Crippen LogP contribution in [0.5, 0.6) is 0 Å². The Labute approximate surface area is 159 Å². The van der Waals surface area contributed by atoms with Crippen molar-refractivity contribution < 1.29 is 14.4 Å². The first kappa shape index (κ1) is 20.2. The van der Waals surface area contributed by atoms with Crippen molar-refractivity contribution in [2.45, 2.75) is 26.2 Å². The van der Waals surface area contributed by atoms with Crippen LogP contribution in [0.2, 0.25) is 0 Å². The molecular weight excluding hydrogens is 342 g/mol. The minimum Gasteiger partial charge on any atom is -0.352 e. The van der Waals surface area contributed by atoms with Crippen molar-refractivity contribution in [2.75, 3.05) is 18.4 Å². The molecule has 0 radical (unpaired) electrons. The van der Waals surface area contributed by atoms with E-state index in [1.165, 1.54) is 0 Å². The molecular formula is C21H25N3O3. The van der Waals surface area contributed by atoms with Gasteiger partial charge in [-0.3, -0.25) is 14.4 Å². The number of carbonyl (C=O) groups is 3. The minimum absolute atomic E-state index is 0.158. The lowest BCUT2D eigenvalue weighted by Crippen LogP contribution is -2.26. The van der Waals surface area contributed by atoms with Crippen molar-refractivity contribution in [2.24, 2.45) is 0 Å². The summed E-state index contributed by atoms with van der Waals surface area (Å²) in [5.41, 5.74) is 1.52. The molecule has 6 nitrogen and oxygen atoms in total. The molecule has 0 heterocycles. The molecule has 0 unspecified atom stereocenters. The van der Waals surface area contributed by atoms with Crippen LogP contribution in [0.4, 0.5) is 5.69 Å². The van der Waals surface area contributed by atoms with Crippen molar-refractivity contribution in [1.82, 2.24) is 10.6 Å². The zero-order valence-corrected chi connectivity index (χ0v) is 15.5. The normalized spacial score (nSPS) is 10.1. The fourth-order valence-corrected chi connectivity index (χ4v) is 2.48. The Morgan fingerprint density at radius 2 is 1.48 bits per heavy atom. The van der Waals surface area contributed by atoms with E-state index in [4.69, 9.17) is 0 Å². The lowest BCUT2D eigenvalue weighted by molar-refractivity contribution is -0.116. The maximum Gasteiger partial charge on any atom is 0.253 e. The van der Waals surface area contributed by atoms with Gasteiger partial charge >= 0.3 is 0 Å². The maximum absolute atomic E-state index is 12.2. The molecule has 3 N–H and O–H groups in total. The van der Waals surface area contributed by atoms with Gasteiger partial charge < -0.3 is 16.0 Å². The van der Waals surface area contributed by atoms with Crippen LogP contribution in [0.3, 0.4) is 0 Å². The first-order chi connectivity index (χ1) is 13.1. The van der Waals surface area contributed by atoms with Crippen LogP contribution >= 0.6 is 0 Å². The third-order valence-electron chi connectivity index (χ3n) is 3.88. The highest BCUT2D eigenvalue weighted by atomic mass is 16.2. The highest BCUT2D eigenvalue weighted by Gasteiger charge is 2.12. The van der Waals surface area contributed by atoms with Crippen molar-refractivity contribution in [1.29, 1.82) is 0 Å². The van der Waals surface area contributed by atoms with Gasteiger partial charge in [0.05, 0.1) is 11.3 Å². The van der Waals surface area contributed by atoms with Crippen LogP contribution < -0.4 is 16.0 Å². The standard InChI is InChI=1S/C21H25N3O3/c1-2-14-22-21(27)17-11-6-7-12-18(17)24-19(25)13-8-15-23-20(26)16-9-4-3-5-10-16/h3-7,9-12H,2,8,13-15H2,1H3,(H,22,27)(H,23,26)(H,24,25). The Morgan fingerprint density at radius 1 is 0.815 bits per heavy atom. The number of amides is 3. The summed E-state index contributed by atoms with van der Waals surface area (Å²) in [4.78, 5) is 36.3. The zero-order valence-electron chi connectivity index (χ0n) is 15.5. The van der Waals surface area contributed by atoms with Crippen LogP contribution in [0.15, 0.2) is 54.6 Å². The molecule has 0 bridgehead atoms. The molecule has 0 saturated heterocycles. The van der Waals surface area contributed by atoms with Crippen LogP contribution in [-0.2, 0) is 4.79 Å². The predicted molar refractivity (Wildman–Crippen MR) is 106 cm³/mol. The summed E-state index contributed by atoms with van der Waals surface area (Å²) in [7, 11) is 0. The summed E-state index contributed by atoms with van der Waals surface area (Å²) >= 11 is 0. The Balaban J connectivity index is 1.79. The Bertz CT molecular complexity index is 775. The van der Waals surface area contributed by atoms with Gasteiger partial charge in [0, 0.05) is 25.1 Å². The van der Waals surface area contributed by atoms with Crippen LogP contribution in [0, 0.1) is 0 Å². The van der Waals surface area contributed by atoms with Crippen molar-refractivity contribution in [3.63, 3.8) is 0 Å². The molecule has 2 rings (SSSR count). The fraction of sp³-hybridized carbons (Fsp3) is 0.286. The monoisotopic (exact) mass is 367 g/mol. The number of para-hydroxylation sites is 1. The third kappa shape index (κ3) is 6.58. The molecule has 6 heteroatoms. The smallest absolute Gasteiger partial charge is 0.253 e. The largest absolute Gasteiger partial charge is 0.352 e. The second-order valence-electron chi connectivity index (χ2n) is 6.08. The fourth-order valence-electron chi connectivity index (χ4n) is 2.48. The topological polar surface area (TPSA) is 87.3 Å².